The summed E-state index contributed by atoms with van der Waals surface area (Å²) < 4.78 is 61.2. The fourth-order valence-electron chi connectivity index (χ4n) is 3.12. The van der Waals surface area contributed by atoms with Crippen molar-refractivity contribution in [1.29, 1.82) is 0 Å². The average molecular weight is 454 g/mol. The number of carbonyl (C=O) groups is 1. The molecule has 3 rings (SSSR count). The van der Waals surface area contributed by atoms with Gasteiger partial charge in [0.1, 0.15) is 0 Å². The van der Waals surface area contributed by atoms with Gasteiger partial charge in [-0.15, -0.1) is 0 Å². The van der Waals surface area contributed by atoms with Gasteiger partial charge < -0.3 is 14.7 Å². The van der Waals surface area contributed by atoms with E-state index >= 15 is 0 Å². The molecule has 1 aliphatic rings. The van der Waals surface area contributed by atoms with Crippen LogP contribution in [-0.2, 0) is 16.4 Å². The molecule has 2 heterocycles. The lowest BCUT2D eigenvalue weighted by Crippen LogP contribution is -2.28. The number of sulfone groups is 1. The third-order valence-corrected chi connectivity index (χ3v) is 6.36. The highest BCUT2D eigenvalue weighted by Crippen LogP contribution is 2.32. The number of benzene rings is 1. The molecule has 0 radical (unpaired) electrons. The third kappa shape index (κ3) is 4.50. The van der Waals surface area contributed by atoms with Crippen molar-refractivity contribution < 1.29 is 26.4 Å². The Bertz CT molecular complexity index is 1110. The molecule has 2 aromatic rings. The number of carbonyl (C=O) groups excluding carboxylic acids is 1. The van der Waals surface area contributed by atoms with Crippen molar-refractivity contribution in [1.82, 2.24) is 14.8 Å². The molecule has 0 saturated heterocycles. The van der Waals surface area contributed by atoms with E-state index < -0.39 is 20.2 Å². The second-order valence-electron chi connectivity index (χ2n) is 7.26. The van der Waals surface area contributed by atoms with Gasteiger partial charge in [-0.05, 0) is 42.8 Å². The first-order valence-electron chi connectivity index (χ1n) is 9.18. The van der Waals surface area contributed by atoms with Gasteiger partial charge in [0.2, 0.25) is 0 Å². The van der Waals surface area contributed by atoms with Gasteiger partial charge in [-0.25, -0.2) is 8.42 Å². The van der Waals surface area contributed by atoms with Crippen LogP contribution in [0.15, 0.2) is 59.5 Å². The van der Waals surface area contributed by atoms with E-state index in [1.807, 2.05) is 18.0 Å². The number of allylic oxidation sites excluding steroid dienone is 1. The molecule has 0 N–H and O–H groups in total. The number of halogens is 3. The monoisotopic (exact) mass is 454 g/mol. The summed E-state index contributed by atoms with van der Waals surface area (Å²) >= 11 is 0. The topological polar surface area (TPSA) is 73.8 Å². The number of hydrogen-bond acceptors (Lipinski definition) is 6. The molecular weight excluding hydrogens is 433 g/mol. The maximum absolute atomic E-state index is 12.7. The standard InChI is InChI=1S/C20H21F3N4O3S/c1-14-11-27(16-4-6-17(7-5-16)31(29,30)20(21,22)23)13-26(14)12-15-8-9-24-10-18(15)19(28)25(2)3/h4-11H,12-13H2,1-3H3. The highest BCUT2D eigenvalue weighted by molar-refractivity contribution is 7.92. The lowest BCUT2D eigenvalue weighted by molar-refractivity contribution is -0.0436. The zero-order valence-corrected chi connectivity index (χ0v) is 17.9. The minimum absolute atomic E-state index is 0.165. The van der Waals surface area contributed by atoms with E-state index in [9.17, 15) is 26.4 Å². The normalized spacial score (nSPS) is 14.6. The molecule has 166 valence electrons. The third-order valence-electron chi connectivity index (χ3n) is 4.86. The molecule has 1 amide bonds. The van der Waals surface area contributed by atoms with Crippen LogP contribution in [0.1, 0.15) is 22.8 Å². The van der Waals surface area contributed by atoms with Gasteiger partial charge in [0, 0.05) is 50.6 Å². The summed E-state index contributed by atoms with van der Waals surface area (Å²) in [6.45, 7) is 2.68. The zero-order valence-electron chi connectivity index (χ0n) is 17.1. The van der Waals surface area contributed by atoms with Crippen LogP contribution >= 0.6 is 0 Å². The van der Waals surface area contributed by atoms with Crippen molar-refractivity contribution in [3.63, 3.8) is 0 Å². The molecule has 1 aromatic heterocycles. The van der Waals surface area contributed by atoms with Crippen LogP contribution in [0.25, 0.3) is 0 Å². The van der Waals surface area contributed by atoms with Gasteiger partial charge in [0.15, 0.2) is 0 Å². The molecule has 0 unspecified atom stereocenters. The number of rotatable bonds is 5. The molecule has 1 aromatic carbocycles. The average Bonchev–Trinajstić information content (AvgIpc) is 3.07. The Labute approximate surface area is 178 Å². The number of pyridine rings is 1. The second kappa shape index (κ2) is 8.22. The summed E-state index contributed by atoms with van der Waals surface area (Å²) in [7, 11) is -2.07. The van der Waals surface area contributed by atoms with E-state index in [0.717, 1.165) is 23.4 Å². The van der Waals surface area contributed by atoms with Crippen molar-refractivity contribution in [2.75, 3.05) is 25.7 Å². The van der Waals surface area contributed by atoms with Crippen molar-refractivity contribution in [2.24, 2.45) is 0 Å². The predicted molar refractivity (Wildman–Crippen MR) is 109 cm³/mol. The largest absolute Gasteiger partial charge is 0.501 e. The molecule has 0 aliphatic carbocycles. The van der Waals surface area contributed by atoms with Gasteiger partial charge in [-0.1, -0.05) is 0 Å². The molecule has 11 heteroatoms. The molecule has 0 spiro atoms. The van der Waals surface area contributed by atoms with Gasteiger partial charge in [0.25, 0.3) is 15.7 Å². The zero-order chi connectivity index (χ0) is 23.0. The van der Waals surface area contributed by atoms with E-state index in [1.165, 1.54) is 23.2 Å². The van der Waals surface area contributed by atoms with Crippen LogP contribution < -0.4 is 4.90 Å². The first-order chi connectivity index (χ1) is 14.4. The number of hydrogen-bond donors (Lipinski definition) is 0. The Morgan fingerprint density at radius 2 is 1.81 bits per heavy atom. The molecule has 1 aliphatic heterocycles. The summed E-state index contributed by atoms with van der Waals surface area (Å²) in [5.74, 6) is -0.165. The molecule has 7 nitrogen and oxygen atoms in total. The summed E-state index contributed by atoms with van der Waals surface area (Å²) in [6, 6.07) is 6.32. The lowest BCUT2D eigenvalue weighted by atomic mass is 10.1. The number of amides is 1. The first-order valence-corrected chi connectivity index (χ1v) is 10.7. The fourth-order valence-corrected chi connectivity index (χ4v) is 3.89. The van der Waals surface area contributed by atoms with E-state index in [0.29, 0.717) is 24.5 Å². The summed E-state index contributed by atoms with van der Waals surface area (Å²) in [5, 5.41) is 0. The molecule has 0 saturated carbocycles. The Morgan fingerprint density at radius 3 is 2.39 bits per heavy atom. The molecule has 0 atom stereocenters. The van der Waals surface area contributed by atoms with Crippen LogP contribution in [-0.4, -0.2) is 55.4 Å². The predicted octanol–water partition coefficient (Wildman–Crippen LogP) is 3.22. The van der Waals surface area contributed by atoms with Gasteiger partial charge >= 0.3 is 5.51 Å². The highest BCUT2D eigenvalue weighted by atomic mass is 32.2. The van der Waals surface area contributed by atoms with Crippen LogP contribution in [0.5, 0.6) is 0 Å². The molecule has 0 fully saturated rings. The van der Waals surface area contributed by atoms with Crippen molar-refractivity contribution >= 4 is 21.4 Å². The minimum atomic E-state index is -5.39. The van der Waals surface area contributed by atoms with Gasteiger partial charge in [-0.2, -0.15) is 13.2 Å². The minimum Gasteiger partial charge on any atom is -0.351 e. The van der Waals surface area contributed by atoms with Crippen LogP contribution in [0, 0.1) is 0 Å². The SMILES string of the molecule is CC1=CN(c2ccc(S(=O)(=O)C(F)(F)F)cc2)CN1Cc1ccncc1C(=O)N(C)C. The maximum atomic E-state index is 12.7. The summed E-state index contributed by atoms with van der Waals surface area (Å²) in [5.41, 5.74) is -2.65. The highest BCUT2D eigenvalue weighted by Gasteiger charge is 2.46. The van der Waals surface area contributed by atoms with Gasteiger partial charge in [0.05, 0.1) is 17.1 Å². The summed E-state index contributed by atoms with van der Waals surface area (Å²) in [4.78, 5) is 20.9. The molecule has 0 bridgehead atoms. The van der Waals surface area contributed by atoms with E-state index in [4.69, 9.17) is 0 Å². The van der Waals surface area contributed by atoms with E-state index in [2.05, 4.69) is 4.98 Å². The van der Waals surface area contributed by atoms with Crippen LogP contribution in [0.4, 0.5) is 18.9 Å². The van der Waals surface area contributed by atoms with Crippen molar-refractivity contribution in [3.8, 4) is 0 Å². The van der Waals surface area contributed by atoms with Crippen LogP contribution in [0.2, 0.25) is 0 Å². The Kier molecular flexibility index (Phi) is 5.99. The molecule has 31 heavy (non-hydrogen) atoms. The van der Waals surface area contributed by atoms with Crippen LogP contribution in [0.3, 0.4) is 0 Å². The molecular formula is C20H21F3N4O3S. The number of alkyl halides is 3. The number of nitrogens with zero attached hydrogens (tertiary/aromatic N) is 4. The number of anilines is 1. The smallest absolute Gasteiger partial charge is 0.351 e. The number of aromatic nitrogens is 1. The second-order valence-corrected chi connectivity index (χ2v) is 9.20. The Hall–Kier alpha value is -3.08. The fraction of sp³-hybridized carbons (Fsp3) is 0.300. The van der Waals surface area contributed by atoms with Crippen molar-refractivity contribution in [2.45, 2.75) is 23.9 Å². The Morgan fingerprint density at radius 1 is 1.16 bits per heavy atom. The van der Waals surface area contributed by atoms with E-state index in [1.54, 1.807) is 31.3 Å². The van der Waals surface area contributed by atoms with Crippen molar-refractivity contribution in [3.05, 3.63) is 65.7 Å². The Balaban J connectivity index is 1.78. The van der Waals surface area contributed by atoms with Gasteiger partial charge in [-0.3, -0.25) is 9.78 Å². The van der Waals surface area contributed by atoms with E-state index in [-0.39, 0.29) is 5.91 Å². The summed E-state index contributed by atoms with van der Waals surface area (Å²) in [6.07, 6.45) is 4.93. The lowest BCUT2D eigenvalue weighted by Gasteiger charge is -2.24. The first kappa shape index (κ1) is 22.6. The quantitative estimate of drug-likeness (QED) is 0.691. The maximum Gasteiger partial charge on any atom is 0.501 e.